The standard InChI is InChI=1S/C9H6BrClS2/c10-8-3-6-7(12)2-1-5(4-11)9(6)13-8/h1-3,12H,4H2. The molecule has 0 nitrogen and oxygen atoms in total. The number of rotatable bonds is 1. The minimum absolute atomic E-state index is 0.553. The largest absolute Gasteiger partial charge is 0.143 e. The molecular formula is C9H6BrClS2. The topological polar surface area (TPSA) is 0 Å². The molecule has 2 rings (SSSR count). The predicted molar refractivity (Wildman–Crippen MR) is 66.3 cm³/mol. The maximum absolute atomic E-state index is 5.83. The van der Waals surface area contributed by atoms with Crippen molar-refractivity contribution in [1.29, 1.82) is 0 Å². The normalized spacial score (nSPS) is 11.0. The fraction of sp³-hybridized carbons (Fsp3) is 0.111. The summed E-state index contributed by atoms with van der Waals surface area (Å²) >= 11 is 15.4. The quantitative estimate of drug-likeness (QED) is 0.572. The van der Waals surface area contributed by atoms with E-state index in [1.807, 2.05) is 12.1 Å². The molecule has 0 aliphatic carbocycles. The van der Waals surface area contributed by atoms with Crippen molar-refractivity contribution in [3.05, 3.63) is 27.5 Å². The number of alkyl halides is 1. The zero-order valence-electron chi connectivity index (χ0n) is 6.55. The molecule has 0 atom stereocenters. The first kappa shape index (κ1) is 9.84. The van der Waals surface area contributed by atoms with Gasteiger partial charge in [-0.2, -0.15) is 0 Å². The van der Waals surface area contributed by atoms with Gasteiger partial charge in [0, 0.05) is 20.9 Å². The fourth-order valence-corrected chi connectivity index (χ4v) is 3.50. The molecule has 2 aromatic rings. The molecule has 0 saturated heterocycles. The van der Waals surface area contributed by atoms with E-state index >= 15 is 0 Å². The summed E-state index contributed by atoms with van der Waals surface area (Å²) in [5.41, 5.74) is 1.17. The first-order chi connectivity index (χ1) is 6.22. The minimum atomic E-state index is 0.553. The van der Waals surface area contributed by atoms with E-state index in [-0.39, 0.29) is 0 Å². The van der Waals surface area contributed by atoms with Crippen LogP contribution in [0.15, 0.2) is 26.9 Å². The Bertz CT molecular complexity index is 450. The number of hydrogen-bond acceptors (Lipinski definition) is 2. The third kappa shape index (κ3) is 1.75. The fourth-order valence-electron chi connectivity index (χ4n) is 1.24. The van der Waals surface area contributed by atoms with Gasteiger partial charge < -0.3 is 0 Å². The average Bonchev–Trinajstić information content (AvgIpc) is 2.48. The van der Waals surface area contributed by atoms with E-state index in [1.54, 1.807) is 11.3 Å². The van der Waals surface area contributed by atoms with Crippen molar-refractivity contribution in [2.24, 2.45) is 0 Å². The Morgan fingerprint density at radius 2 is 2.23 bits per heavy atom. The summed E-state index contributed by atoms with van der Waals surface area (Å²) in [5.74, 6) is 0.553. The van der Waals surface area contributed by atoms with Crippen LogP contribution in [0.3, 0.4) is 0 Å². The van der Waals surface area contributed by atoms with Gasteiger partial charge in [-0.3, -0.25) is 0 Å². The molecule has 0 aliphatic heterocycles. The smallest absolute Gasteiger partial charge is 0.0711 e. The van der Waals surface area contributed by atoms with Crippen LogP contribution in [0.25, 0.3) is 10.1 Å². The van der Waals surface area contributed by atoms with Crippen molar-refractivity contribution in [3.8, 4) is 0 Å². The van der Waals surface area contributed by atoms with Gasteiger partial charge in [-0.15, -0.1) is 35.6 Å². The van der Waals surface area contributed by atoms with Crippen molar-refractivity contribution in [3.63, 3.8) is 0 Å². The van der Waals surface area contributed by atoms with E-state index in [9.17, 15) is 0 Å². The summed E-state index contributed by atoms with van der Waals surface area (Å²) < 4.78 is 2.35. The SMILES string of the molecule is Sc1ccc(CCl)c2sc(Br)cc12. The van der Waals surface area contributed by atoms with E-state index < -0.39 is 0 Å². The molecule has 0 aliphatic rings. The van der Waals surface area contributed by atoms with Crippen molar-refractivity contribution in [2.75, 3.05) is 0 Å². The maximum atomic E-state index is 5.83. The number of halogens is 2. The summed E-state index contributed by atoms with van der Waals surface area (Å²) in [7, 11) is 0. The molecule has 1 aromatic carbocycles. The van der Waals surface area contributed by atoms with Gasteiger partial charge in [0.1, 0.15) is 0 Å². The van der Waals surface area contributed by atoms with Gasteiger partial charge in [-0.05, 0) is 33.6 Å². The Labute approximate surface area is 99.4 Å². The molecule has 68 valence electrons. The van der Waals surface area contributed by atoms with Gasteiger partial charge in [-0.1, -0.05) is 6.07 Å². The van der Waals surface area contributed by atoms with Gasteiger partial charge in [0.25, 0.3) is 0 Å². The Kier molecular flexibility index (Phi) is 2.88. The molecule has 0 bridgehead atoms. The minimum Gasteiger partial charge on any atom is -0.143 e. The first-order valence-electron chi connectivity index (χ1n) is 3.68. The van der Waals surface area contributed by atoms with Crippen LogP contribution in [0.4, 0.5) is 0 Å². The van der Waals surface area contributed by atoms with E-state index in [4.69, 9.17) is 11.6 Å². The predicted octanol–water partition coefficient (Wildman–Crippen LogP) is 4.69. The van der Waals surface area contributed by atoms with Gasteiger partial charge in [0.05, 0.1) is 3.79 Å². The molecule has 1 aromatic heterocycles. The molecular weight excluding hydrogens is 288 g/mol. The zero-order chi connectivity index (χ0) is 9.42. The van der Waals surface area contributed by atoms with Crippen LogP contribution in [0.1, 0.15) is 5.56 Å². The van der Waals surface area contributed by atoms with Crippen LogP contribution in [-0.2, 0) is 5.88 Å². The zero-order valence-corrected chi connectivity index (χ0v) is 10.6. The van der Waals surface area contributed by atoms with E-state index in [0.29, 0.717) is 5.88 Å². The second kappa shape index (κ2) is 3.81. The molecule has 1 heterocycles. The molecule has 0 saturated carbocycles. The van der Waals surface area contributed by atoms with E-state index in [2.05, 4.69) is 34.6 Å². The molecule has 0 unspecified atom stereocenters. The molecule has 0 spiro atoms. The Balaban J connectivity index is 2.83. The highest BCUT2D eigenvalue weighted by Crippen LogP contribution is 2.36. The number of hydrogen-bond donors (Lipinski definition) is 1. The van der Waals surface area contributed by atoms with E-state index in [1.165, 1.54) is 15.6 Å². The maximum Gasteiger partial charge on any atom is 0.0711 e. The second-order valence-corrected chi connectivity index (χ2v) is 5.85. The summed E-state index contributed by atoms with van der Waals surface area (Å²) in [6.45, 7) is 0. The highest BCUT2D eigenvalue weighted by Gasteiger charge is 2.06. The lowest BCUT2D eigenvalue weighted by Crippen LogP contribution is -1.77. The van der Waals surface area contributed by atoms with Crippen molar-refractivity contribution in [1.82, 2.24) is 0 Å². The number of thiol groups is 1. The second-order valence-electron chi connectivity index (χ2n) is 2.67. The average molecular weight is 294 g/mol. The lowest BCUT2D eigenvalue weighted by molar-refractivity contribution is 1.43. The molecule has 4 heteroatoms. The van der Waals surface area contributed by atoms with Crippen molar-refractivity contribution in [2.45, 2.75) is 10.8 Å². The molecule has 13 heavy (non-hydrogen) atoms. The Morgan fingerprint density at radius 1 is 1.46 bits per heavy atom. The summed E-state index contributed by atoms with van der Waals surface area (Å²) in [5, 5.41) is 1.18. The molecule has 0 amide bonds. The van der Waals surface area contributed by atoms with Gasteiger partial charge in [0.15, 0.2) is 0 Å². The molecule has 0 fully saturated rings. The van der Waals surface area contributed by atoms with Crippen LogP contribution >= 0.6 is 51.5 Å². The highest BCUT2D eigenvalue weighted by atomic mass is 79.9. The lowest BCUT2D eigenvalue weighted by Gasteiger charge is -1.99. The monoisotopic (exact) mass is 292 g/mol. The highest BCUT2D eigenvalue weighted by molar-refractivity contribution is 9.11. The van der Waals surface area contributed by atoms with Gasteiger partial charge in [0.2, 0.25) is 0 Å². The summed E-state index contributed by atoms with van der Waals surface area (Å²) in [4.78, 5) is 1.01. The van der Waals surface area contributed by atoms with Gasteiger partial charge >= 0.3 is 0 Å². The van der Waals surface area contributed by atoms with Crippen LogP contribution in [0.5, 0.6) is 0 Å². The summed E-state index contributed by atoms with van der Waals surface area (Å²) in [6.07, 6.45) is 0. The van der Waals surface area contributed by atoms with Crippen LogP contribution in [0.2, 0.25) is 0 Å². The Hall–Kier alpha value is 0.300. The Morgan fingerprint density at radius 3 is 2.92 bits per heavy atom. The lowest BCUT2D eigenvalue weighted by atomic mass is 10.2. The van der Waals surface area contributed by atoms with Crippen LogP contribution < -0.4 is 0 Å². The summed E-state index contributed by atoms with van der Waals surface area (Å²) in [6, 6.07) is 6.10. The van der Waals surface area contributed by atoms with Crippen molar-refractivity contribution >= 4 is 61.6 Å². The molecule has 0 radical (unpaired) electrons. The first-order valence-corrected chi connectivity index (χ1v) is 6.27. The molecule has 0 N–H and O–H groups in total. The van der Waals surface area contributed by atoms with Gasteiger partial charge in [-0.25, -0.2) is 0 Å². The number of thiophene rings is 1. The third-order valence-corrected chi connectivity index (χ3v) is 4.25. The van der Waals surface area contributed by atoms with Crippen molar-refractivity contribution < 1.29 is 0 Å². The van der Waals surface area contributed by atoms with Crippen LogP contribution in [-0.4, -0.2) is 0 Å². The third-order valence-electron chi connectivity index (χ3n) is 1.86. The number of benzene rings is 1. The number of fused-ring (bicyclic) bond motifs is 1. The van der Waals surface area contributed by atoms with E-state index in [0.717, 1.165) is 8.68 Å². The van der Waals surface area contributed by atoms with Crippen LogP contribution in [0, 0.1) is 0 Å².